The van der Waals surface area contributed by atoms with Crippen LogP contribution in [0.15, 0.2) is 95.3 Å². The van der Waals surface area contributed by atoms with E-state index in [-0.39, 0.29) is 18.1 Å². The molecule has 8 heteroatoms. The number of nitriles is 1. The van der Waals surface area contributed by atoms with Crippen molar-refractivity contribution >= 4 is 34.1 Å². The number of thioether (sulfide) groups is 1. The first-order valence-electron chi connectivity index (χ1n) is 12.2. The van der Waals surface area contributed by atoms with Gasteiger partial charge in [-0.1, -0.05) is 60.2 Å². The third-order valence-electron chi connectivity index (χ3n) is 5.99. The van der Waals surface area contributed by atoms with Crippen LogP contribution in [-0.4, -0.2) is 21.6 Å². The average Bonchev–Trinajstić information content (AvgIpc) is 3.42. The Morgan fingerprint density at radius 2 is 1.64 bits per heavy atom. The third-order valence-corrected chi connectivity index (χ3v) is 7.72. The fourth-order valence-electron chi connectivity index (χ4n) is 3.96. The molecule has 0 aliphatic rings. The van der Waals surface area contributed by atoms with Crippen molar-refractivity contribution in [1.82, 2.24) is 9.97 Å². The number of carbonyl (C=O) groups is 1. The predicted molar refractivity (Wildman–Crippen MR) is 156 cm³/mol. The van der Waals surface area contributed by atoms with E-state index in [4.69, 9.17) is 4.98 Å². The molecule has 0 saturated carbocycles. The summed E-state index contributed by atoms with van der Waals surface area (Å²) in [4.78, 5) is 21.9. The van der Waals surface area contributed by atoms with Crippen molar-refractivity contribution < 1.29 is 9.18 Å². The van der Waals surface area contributed by atoms with E-state index in [2.05, 4.69) is 16.4 Å². The number of benzene rings is 3. The Morgan fingerprint density at radius 1 is 0.949 bits per heavy atom. The van der Waals surface area contributed by atoms with E-state index in [9.17, 15) is 14.4 Å². The minimum absolute atomic E-state index is 0.181. The van der Waals surface area contributed by atoms with Gasteiger partial charge in [0.2, 0.25) is 5.91 Å². The molecule has 0 fully saturated rings. The van der Waals surface area contributed by atoms with E-state index in [0.717, 1.165) is 33.5 Å². The molecule has 2 heterocycles. The summed E-state index contributed by atoms with van der Waals surface area (Å²) in [5.41, 5.74) is 6.57. The second-order valence-electron chi connectivity index (χ2n) is 8.77. The van der Waals surface area contributed by atoms with Crippen LogP contribution in [0.5, 0.6) is 0 Å². The molecule has 39 heavy (non-hydrogen) atoms. The van der Waals surface area contributed by atoms with Crippen LogP contribution in [0, 0.1) is 24.1 Å². The van der Waals surface area contributed by atoms with Gasteiger partial charge in [0.25, 0.3) is 0 Å². The van der Waals surface area contributed by atoms with Crippen LogP contribution >= 0.6 is 23.1 Å². The summed E-state index contributed by atoms with van der Waals surface area (Å²) < 4.78 is 13.2. The number of hydrogen-bond acceptors (Lipinski definition) is 6. The van der Waals surface area contributed by atoms with Gasteiger partial charge in [0.1, 0.15) is 16.9 Å². The third kappa shape index (κ3) is 6.40. The van der Waals surface area contributed by atoms with Gasteiger partial charge in [0.15, 0.2) is 5.13 Å². The van der Waals surface area contributed by atoms with Gasteiger partial charge in [-0.05, 0) is 42.8 Å². The zero-order chi connectivity index (χ0) is 27.2. The first kappa shape index (κ1) is 26.3. The van der Waals surface area contributed by atoms with Gasteiger partial charge in [-0.3, -0.25) is 4.79 Å². The second kappa shape index (κ2) is 12.0. The number of hydrogen-bond donors (Lipinski definition) is 1. The molecular weight excluding hydrogens is 528 g/mol. The number of anilines is 1. The monoisotopic (exact) mass is 550 g/mol. The largest absolute Gasteiger partial charge is 0.302 e. The first-order chi connectivity index (χ1) is 19.0. The van der Waals surface area contributed by atoms with E-state index < -0.39 is 0 Å². The molecule has 0 aliphatic heterocycles. The second-order valence-corrected chi connectivity index (χ2v) is 10.7. The molecule has 5 aromatic rings. The number of rotatable bonds is 8. The van der Waals surface area contributed by atoms with Gasteiger partial charge >= 0.3 is 0 Å². The number of amides is 1. The topological polar surface area (TPSA) is 78.7 Å². The van der Waals surface area contributed by atoms with Crippen LogP contribution < -0.4 is 5.32 Å². The number of carbonyl (C=O) groups excluding carboxylic acids is 1. The molecule has 2 aromatic heterocycles. The minimum atomic E-state index is -0.311. The highest BCUT2D eigenvalue weighted by Gasteiger charge is 2.17. The number of aromatic nitrogens is 2. The van der Waals surface area contributed by atoms with Crippen LogP contribution in [0.1, 0.15) is 17.5 Å². The van der Waals surface area contributed by atoms with Crippen molar-refractivity contribution in [3.63, 3.8) is 0 Å². The lowest BCUT2D eigenvalue weighted by molar-refractivity contribution is -0.115. The molecule has 5 rings (SSSR count). The average molecular weight is 551 g/mol. The minimum Gasteiger partial charge on any atom is -0.302 e. The van der Waals surface area contributed by atoms with Crippen molar-refractivity contribution in [3.05, 3.63) is 107 Å². The molecule has 0 radical (unpaired) electrons. The molecule has 1 N–H and O–H groups in total. The van der Waals surface area contributed by atoms with E-state index in [1.54, 1.807) is 12.1 Å². The molecule has 0 atom stereocenters. The van der Waals surface area contributed by atoms with Gasteiger partial charge in [-0.2, -0.15) is 5.26 Å². The van der Waals surface area contributed by atoms with Crippen LogP contribution in [0.2, 0.25) is 0 Å². The van der Waals surface area contributed by atoms with Crippen LogP contribution in [-0.2, 0) is 4.79 Å². The molecule has 3 aromatic carbocycles. The van der Waals surface area contributed by atoms with Gasteiger partial charge < -0.3 is 5.32 Å². The van der Waals surface area contributed by atoms with E-state index >= 15 is 0 Å². The van der Waals surface area contributed by atoms with Crippen molar-refractivity contribution in [2.75, 3.05) is 11.1 Å². The fraction of sp³-hybridized carbons (Fsp3) is 0.0968. The summed E-state index contributed by atoms with van der Waals surface area (Å²) in [6.07, 6.45) is 0.220. The van der Waals surface area contributed by atoms with Crippen LogP contribution in [0.25, 0.3) is 33.6 Å². The fourth-order valence-corrected chi connectivity index (χ4v) is 5.64. The Hall–Kier alpha value is -4.32. The molecule has 0 saturated heterocycles. The lowest BCUT2D eigenvalue weighted by atomic mass is 9.98. The van der Waals surface area contributed by atoms with Crippen molar-refractivity contribution in [1.29, 1.82) is 5.26 Å². The summed E-state index contributed by atoms with van der Waals surface area (Å²) in [5, 5.41) is 15.8. The number of nitrogens with zero attached hydrogens (tertiary/aromatic N) is 3. The molecule has 0 unspecified atom stereocenters. The lowest BCUT2D eigenvalue weighted by Crippen LogP contribution is -2.12. The summed E-state index contributed by atoms with van der Waals surface area (Å²) >= 11 is 2.70. The van der Waals surface area contributed by atoms with Gasteiger partial charge in [-0.25, -0.2) is 14.4 Å². The highest BCUT2D eigenvalue weighted by atomic mass is 32.2. The Balaban J connectivity index is 1.32. The molecule has 0 aliphatic carbocycles. The molecule has 0 spiro atoms. The molecule has 192 valence electrons. The Labute approximate surface area is 234 Å². The molecule has 5 nitrogen and oxygen atoms in total. The van der Waals surface area contributed by atoms with Gasteiger partial charge in [-0.15, -0.1) is 23.1 Å². The molecule has 0 bridgehead atoms. The molecular formula is C31H23FN4OS2. The number of thiazole rings is 1. The van der Waals surface area contributed by atoms with Crippen molar-refractivity contribution in [3.8, 4) is 39.7 Å². The summed E-state index contributed by atoms with van der Waals surface area (Å²) in [6, 6.07) is 28.3. The smallest absolute Gasteiger partial charge is 0.226 e. The highest BCUT2D eigenvalue weighted by Crippen LogP contribution is 2.34. The lowest BCUT2D eigenvalue weighted by Gasteiger charge is -2.13. The molecule has 1 amide bonds. The predicted octanol–water partition coefficient (Wildman–Crippen LogP) is 7.98. The number of pyridine rings is 1. The van der Waals surface area contributed by atoms with E-state index in [1.165, 1.54) is 35.2 Å². The van der Waals surface area contributed by atoms with Crippen molar-refractivity contribution in [2.45, 2.75) is 18.4 Å². The summed E-state index contributed by atoms with van der Waals surface area (Å²) in [5.74, 6) is -0.0525. The quantitative estimate of drug-likeness (QED) is 0.198. The number of nitrogens with one attached hydrogen (secondary N) is 1. The van der Waals surface area contributed by atoms with Crippen LogP contribution in [0.3, 0.4) is 0 Å². The van der Waals surface area contributed by atoms with Gasteiger partial charge in [0.05, 0.1) is 17.0 Å². The van der Waals surface area contributed by atoms with E-state index in [1.807, 2.05) is 73.0 Å². The van der Waals surface area contributed by atoms with E-state index in [0.29, 0.717) is 27.2 Å². The van der Waals surface area contributed by atoms with Gasteiger partial charge in [0, 0.05) is 34.2 Å². The zero-order valence-corrected chi connectivity index (χ0v) is 22.7. The van der Waals surface area contributed by atoms with Crippen LogP contribution in [0.4, 0.5) is 9.52 Å². The van der Waals surface area contributed by atoms with Crippen molar-refractivity contribution in [2.24, 2.45) is 0 Å². The Bertz CT molecular complexity index is 1640. The SMILES string of the molecule is Cc1ccc(-c2cc(-c3ccccc3)nc(SCCC(=O)Nc3nc(-c4ccc(F)cc4)cs3)c2C#N)cc1. The maximum atomic E-state index is 13.2. The zero-order valence-electron chi connectivity index (χ0n) is 21.0. The summed E-state index contributed by atoms with van der Waals surface area (Å²) in [7, 11) is 0. The maximum absolute atomic E-state index is 13.2. The normalized spacial score (nSPS) is 10.7. The highest BCUT2D eigenvalue weighted by molar-refractivity contribution is 7.99. The maximum Gasteiger partial charge on any atom is 0.226 e. The standard InChI is InChI=1S/C31H23FN4OS2/c1-20-7-9-21(10-8-20)25-17-27(22-5-3-2-4-6-22)34-30(26(25)18-33)38-16-15-29(37)36-31-35-28(19-39-31)23-11-13-24(32)14-12-23/h2-14,17,19H,15-16H2,1H3,(H,35,36,37). The Kier molecular flexibility index (Phi) is 8.11. The number of halogens is 1. The Morgan fingerprint density at radius 3 is 2.36 bits per heavy atom. The summed E-state index contributed by atoms with van der Waals surface area (Å²) in [6.45, 7) is 2.03. The first-order valence-corrected chi connectivity index (χ1v) is 14.1. The number of aryl methyl sites for hydroxylation is 1.